The van der Waals surface area contributed by atoms with Crippen LogP contribution in [0, 0.1) is 11.3 Å². The lowest BCUT2D eigenvalue weighted by Crippen LogP contribution is -2.09. The highest BCUT2D eigenvalue weighted by atomic mass is 16.5. The van der Waals surface area contributed by atoms with E-state index in [1.165, 1.54) is 0 Å². The van der Waals surface area contributed by atoms with Crippen LogP contribution in [0.25, 0.3) is 0 Å². The maximum absolute atomic E-state index is 8.94. The van der Waals surface area contributed by atoms with Crippen LogP contribution in [-0.2, 0) is 13.0 Å². The van der Waals surface area contributed by atoms with Crippen molar-refractivity contribution in [2.75, 3.05) is 6.61 Å². The Balaban J connectivity index is 1.98. The first kappa shape index (κ1) is 12.1. The highest BCUT2D eigenvalue weighted by Gasteiger charge is 2.11. The van der Waals surface area contributed by atoms with Crippen molar-refractivity contribution in [2.45, 2.75) is 19.9 Å². The minimum atomic E-state index is 0.383. The summed E-state index contributed by atoms with van der Waals surface area (Å²) in [7, 11) is 0. The van der Waals surface area contributed by atoms with Crippen LogP contribution in [0.4, 0.5) is 0 Å². The SMILES string of the molecule is CCn1nnc(C#N)c1CCOc1ccccc1. The van der Waals surface area contributed by atoms with Gasteiger partial charge in [-0.1, -0.05) is 23.4 Å². The Morgan fingerprint density at radius 1 is 1.33 bits per heavy atom. The molecular weight excluding hydrogens is 228 g/mol. The van der Waals surface area contributed by atoms with Gasteiger partial charge in [0.1, 0.15) is 11.8 Å². The highest BCUT2D eigenvalue weighted by Crippen LogP contribution is 2.10. The zero-order valence-corrected chi connectivity index (χ0v) is 10.2. The molecule has 0 N–H and O–H groups in total. The second-order valence-corrected chi connectivity index (χ2v) is 3.72. The number of nitriles is 1. The average Bonchev–Trinajstić information content (AvgIpc) is 2.82. The fourth-order valence-electron chi connectivity index (χ4n) is 1.70. The fraction of sp³-hybridized carbons (Fsp3) is 0.308. The number of aryl methyl sites for hydroxylation is 1. The van der Waals surface area contributed by atoms with Crippen molar-refractivity contribution < 1.29 is 4.74 Å². The summed E-state index contributed by atoms with van der Waals surface area (Å²) in [5, 5.41) is 16.7. The average molecular weight is 242 g/mol. The molecule has 0 aliphatic carbocycles. The summed E-state index contributed by atoms with van der Waals surface area (Å²) in [4.78, 5) is 0. The second-order valence-electron chi connectivity index (χ2n) is 3.72. The number of benzene rings is 1. The van der Waals surface area contributed by atoms with E-state index in [4.69, 9.17) is 10.00 Å². The minimum absolute atomic E-state index is 0.383. The number of hydrogen-bond acceptors (Lipinski definition) is 4. The van der Waals surface area contributed by atoms with Crippen LogP contribution in [0.2, 0.25) is 0 Å². The molecule has 1 aromatic carbocycles. The van der Waals surface area contributed by atoms with Gasteiger partial charge in [-0.05, 0) is 19.1 Å². The van der Waals surface area contributed by atoms with E-state index in [1.54, 1.807) is 4.68 Å². The largest absolute Gasteiger partial charge is 0.493 e. The quantitative estimate of drug-likeness (QED) is 0.801. The molecule has 18 heavy (non-hydrogen) atoms. The summed E-state index contributed by atoms with van der Waals surface area (Å²) in [6.07, 6.45) is 0.624. The van der Waals surface area contributed by atoms with Gasteiger partial charge in [-0.3, -0.25) is 0 Å². The summed E-state index contributed by atoms with van der Waals surface area (Å²) in [5.74, 6) is 0.825. The third-order valence-corrected chi connectivity index (χ3v) is 2.59. The van der Waals surface area contributed by atoms with Crippen LogP contribution in [0.3, 0.4) is 0 Å². The molecule has 1 aromatic heterocycles. The Kier molecular flexibility index (Phi) is 3.92. The van der Waals surface area contributed by atoms with Gasteiger partial charge >= 0.3 is 0 Å². The first-order valence-electron chi connectivity index (χ1n) is 5.85. The molecule has 0 aliphatic rings. The van der Waals surface area contributed by atoms with Crippen molar-refractivity contribution in [3.63, 3.8) is 0 Å². The van der Waals surface area contributed by atoms with E-state index in [1.807, 2.05) is 43.3 Å². The fourth-order valence-corrected chi connectivity index (χ4v) is 1.70. The molecule has 0 fully saturated rings. The van der Waals surface area contributed by atoms with Gasteiger partial charge < -0.3 is 4.74 Å². The summed E-state index contributed by atoms with van der Waals surface area (Å²) >= 11 is 0. The summed E-state index contributed by atoms with van der Waals surface area (Å²) in [6, 6.07) is 11.6. The van der Waals surface area contributed by atoms with Gasteiger partial charge in [0.2, 0.25) is 0 Å². The van der Waals surface area contributed by atoms with Crippen LogP contribution in [-0.4, -0.2) is 21.6 Å². The standard InChI is InChI=1S/C13H14N4O/c1-2-17-13(12(10-14)15-16-17)8-9-18-11-6-4-3-5-7-11/h3-7H,2,8-9H2,1H3. The van der Waals surface area contributed by atoms with Gasteiger partial charge in [0, 0.05) is 13.0 Å². The van der Waals surface area contributed by atoms with Gasteiger partial charge in [0.25, 0.3) is 0 Å². The molecule has 0 bridgehead atoms. The van der Waals surface area contributed by atoms with Crippen molar-refractivity contribution in [2.24, 2.45) is 0 Å². The maximum Gasteiger partial charge on any atom is 0.185 e. The van der Waals surface area contributed by atoms with Crippen LogP contribution in [0.5, 0.6) is 5.75 Å². The van der Waals surface area contributed by atoms with E-state index in [9.17, 15) is 0 Å². The van der Waals surface area contributed by atoms with Crippen LogP contribution >= 0.6 is 0 Å². The van der Waals surface area contributed by atoms with Crippen LogP contribution < -0.4 is 4.74 Å². The molecule has 92 valence electrons. The van der Waals surface area contributed by atoms with E-state index < -0.39 is 0 Å². The summed E-state index contributed by atoms with van der Waals surface area (Å²) in [6.45, 7) is 3.18. The summed E-state index contributed by atoms with van der Waals surface area (Å²) in [5.41, 5.74) is 1.21. The van der Waals surface area contributed by atoms with Gasteiger partial charge in [0.05, 0.1) is 12.3 Å². The predicted molar refractivity (Wildman–Crippen MR) is 66.1 cm³/mol. The lowest BCUT2D eigenvalue weighted by molar-refractivity contribution is 0.317. The molecule has 2 rings (SSSR count). The predicted octanol–water partition coefficient (Wildman–Crippen LogP) is 1.79. The number of nitrogens with zero attached hydrogens (tertiary/aromatic N) is 4. The molecule has 0 unspecified atom stereocenters. The molecule has 0 saturated carbocycles. The van der Waals surface area contributed by atoms with Crippen molar-refractivity contribution in [1.82, 2.24) is 15.0 Å². The monoisotopic (exact) mass is 242 g/mol. The molecule has 0 spiro atoms. The molecule has 0 saturated heterocycles. The first-order chi connectivity index (χ1) is 8.85. The van der Waals surface area contributed by atoms with E-state index in [-0.39, 0.29) is 0 Å². The van der Waals surface area contributed by atoms with Gasteiger partial charge in [-0.15, -0.1) is 5.10 Å². The van der Waals surface area contributed by atoms with Gasteiger partial charge in [-0.2, -0.15) is 5.26 Å². The Bertz CT molecular complexity index is 542. The van der Waals surface area contributed by atoms with Gasteiger partial charge in [0.15, 0.2) is 5.69 Å². The van der Waals surface area contributed by atoms with Crippen molar-refractivity contribution in [3.8, 4) is 11.8 Å². The molecule has 5 nitrogen and oxygen atoms in total. The van der Waals surface area contributed by atoms with Crippen molar-refractivity contribution >= 4 is 0 Å². The number of ether oxygens (including phenoxy) is 1. The van der Waals surface area contributed by atoms with E-state index in [0.717, 1.165) is 11.4 Å². The van der Waals surface area contributed by atoms with E-state index >= 15 is 0 Å². The summed E-state index contributed by atoms with van der Waals surface area (Å²) < 4.78 is 7.33. The lowest BCUT2D eigenvalue weighted by Gasteiger charge is -2.06. The number of aromatic nitrogens is 3. The number of rotatable bonds is 5. The third kappa shape index (κ3) is 2.66. The Morgan fingerprint density at radius 2 is 2.11 bits per heavy atom. The van der Waals surface area contributed by atoms with Crippen LogP contribution in [0.15, 0.2) is 30.3 Å². The van der Waals surface area contributed by atoms with E-state index in [0.29, 0.717) is 25.3 Å². The maximum atomic E-state index is 8.94. The molecule has 5 heteroatoms. The second kappa shape index (κ2) is 5.82. The molecule has 0 radical (unpaired) electrons. The Hall–Kier alpha value is -2.35. The van der Waals surface area contributed by atoms with Crippen molar-refractivity contribution in [1.29, 1.82) is 5.26 Å². The van der Waals surface area contributed by atoms with Crippen molar-refractivity contribution in [3.05, 3.63) is 41.7 Å². The zero-order chi connectivity index (χ0) is 12.8. The van der Waals surface area contributed by atoms with E-state index in [2.05, 4.69) is 10.3 Å². The normalized spacial score (nSPS) is 10.0. The van der Waals surface area contributed by atoms with Crippen LogP contribution in [0.1, 0.15) is 18.3 Å². The third-order valence-electron chi connectivity index (χ3n) is 2.59. The first-order valence-corrected chi connectivity index (χ1v) is 5.85. The molecule has 2 aromatic rings. The number of hydrogen-bond donors (Lipinski definition) is 0. The molecule has 1 heterocycles. The molecule has 0 aliphatic heterocycles. The molecule has 0 atom stereocenters. The minimum Gasteiger partial charge on any atom is -0.493 e. The number of para-hydroxylation sites is 1. The molecule has 0 amide bonds. The Labute approximate surface area is 106 Å². The smallest absolute Gasteiger partial charge is 0.185 e. The topological polar surface area (TPSA) is 63.7 Å². The Morgan fingerprint density at radius 3 is 2.78 bits per heavy atom. The lowest BCUT2D eigenvalue weighted by atomic mass is 10.2. The highest BCUT2D eigenvalue weighted by molar-refractivity contribution is 5.25. The zero-order valence-electron chi connectivity index (χ0n) is 10.2. The molecular formula is C13H14N4O. The van der Waals surface area contributed by atoms with Gasteiger partial charge in [-0.25, -0.2) is 4.68 Å².